The van der Waals surface area contributed by atoms with Crippen LogP contribution in [0.5, 0.6) is 5.75 Å². The van der Waals surface area contributed by atoms with Crippen LogP contribution in [0.3, 0.4) is 0 Å². The molecule has 2 aromatic rings. The summed E-state index contributed by atoms with van der Waals surface area (Å²) in [5.41, 5.74) is 1.46. The van der Waals surface area contributed by atoms with Crippen molar-refractivity contribution in [2.24, 2.45) is 0 Å². The second kappa shape index (κ2) is 4.69. The van der Waals surface area contributed by atoms with Gasteiger partial charge in [-0.15, -0.1) is 0 Å². The minimum Gasteiger partial charge on any atom is -0.497 e. The fraction of sp³-hybridized carbons (Fsp3) is 0.167. The highest BCUT2D eigenvalue weighted by molar-refractivity contribution is 5.91. The van der Waals surface area contributed by atoms with E-state index in [0.29, 0.717) is 11.4 Å². The Hall–Kier alpha value is -2.30. The zero-order valence-electron chi connectivity index (χ0n) is 9.68. The molecule has 1 N–H and O–H groups in total. The van der Waals surface area contributed by atoms with Crippen LogP contribution >= 0.6 is 0 Å². The van der Waals surface area contributed by atoms with Crippen LogP contribution in [-0.4, -0.2) is 22.8 Å². The summed E-state index contributed by atoms with van der Waals surface area (Å²) in [6.45, 7) is 1.47. The monoisotopic (exact) mass is 231 g/mol. The minimum absolute atomic E-state index is 0.122. The smallest absolute Gasteiger partial charge is 0.221 e. The molecule has 0 bridgehead atoms. The number of carbonyl (C=O) groups is 1. The van der Waals surface area contributed by atoms with Gasteiger partial charge in [0.1, 0.15) is 5.75 Å². The first-order valence-corrected chi connectivity index (χ1v) is 5.16. The summed E-state index contributed by atoms with van der Waals surface area (Å²) in [7, 11) is 1.60. The second-order valence-corrected chi connectivity index (χ2v) is 3.51. The van der Waals surface area contributed by atoms with Crippen LogP contribution in [-0.2, 0) is 4.79 Å². The normalized spacial score (nSPS) is 10.0. The van der Waals surface area contributed by atoms with E-state index in [-0.39, 0.29) is 5.91 Å². The summed E-state index contributed by atoms with van der Waals surface area (Å²) in [5.74, 6) is 0.591. The minimum atomic E-state index is -0.122. The maximum absolute atomic E-state index is 11.1. The maximum atomic E-state index is 11.1. The fourth-order valence-corrected chi connectivity index (χ4v) is 1.53. The van der Waals surface area contributed by atoms with E-state index < -0.39 is 0 Å². The van der Waals surface area contributed by atoms with Gasteiger partial charge >= 0.3 is 0 Å². The first-order chi connectivity index (χ1) is 8.20. The standard InChI is InChI=1S/C12H13N3O2/c1-9(16)14-11-5-4-10(17-2)8-12(11)15-7-3-6-13-15/h3-8H,1-2H3,(H,14,16). The molecule has 0 unspecified atom stereocenters. The quantitative estimate of drug-likeness (QED) is 0.876. The van der Waals surface area contributed by atoms with Crippen molar-refractivity contribution in [1.82, 2.24) is 9.78 Å². The second-order valence-electron chi connectivity index (χ2n) is 3.51. The number of ether oxygens (including phenoxy) is 1. The van der Waals surface area contributed by atoms with Gasteiger partial charge in [-0.2, -0.15) is 5.10 Å². The van der Waals surface area contributed by atoms with Crippen molar-refractivity contribution in [3.8, 4) is 11.4 Å². The summed E-state index contributed by atoms with van der Waals surface area (Å²) >= 11 is 0. The van der Waals surface area contributed by atoms with Crippen molar-refractivity contribution >= 4 is 11.6 Å². The number of amides is 1. The van der Waals surface area contributed by atoms with Crippen LogP contribution in [0.1, 0.15) is 6.92 Å². The topological polar surface area (TPSA) is 56.1 Å². The highest BCUT2D eigenvalue weighted by Gasteiger charge is 2.07. The molecule has 0 fully saturated rings. The molecule has 1 heterocycles. The lowest BCUT2D eigenvalue weighted by Gasteiger charge is -2.11. The van der Waals surface area contributed by atoms with Gasteiger partial charge in [-0.05, 0) is 18.2 Å². The van der Waals surface area contributed by atoms with Crippen LogP contribution in [0.2, 0.25) is 0 Å². The molecule has 0 spiro atoms. The number of rotatable bonds is 3. The number of hydrogen-bond acceptors (Lipinski definition) is 3. The van der Waals surface area contributed by atoms with Gasteiger partial charge in [0, 0.05) is 25.4 Å². The Morgan fingerprint density at radius 3 is 2.88 bits per heavy atom. The molecule has 1 aromatic heterocycles. The molecule has 0 saturated heterocycles. The molecule has 1 amide bonds. The van der Waals surface area contributed by atoms with Crippen molar-refractivity contribution in [2.45, 2.75) is 6.92 Å². The molecule has 0 aliphatic rings. The van der Waals surface area contributed by atoms with Crippen LogP contribution in [0, 0.1) is 0 Å². The van der Waals surface area contributed by atoms with Crippen molar-refractivity contribution in [3.63, 3.8) is 0 Å². The third-order valence-corrected chi connectivity index (χ3v) is 2.27. The lowest BCUT2D eigenvalue weighted by atomic mass is 10.2. The predicted molar refractivity (Wildman–Crippen MR) is 64.4 cm³/mol. The number of aromatic nitrogens is 2. The predicted octanol–water partition coefficient (Wildman–Crippen LogP) is 1.84. The highest BCUT2D eigenvalue weighted by atomic mass is 16.5. The zero-order chi connectivity index (χ0) is 12.3. The average Bonchev–Trinajstić information content (AvgIpc) is 2.82. The first-order valence-electron chi connectivity index (χ1n) is 5.16. The van der Waals surface area contributed by atoms with Crippen LogP contribution < -0.4 is 10.1 Å². The molecule has 5 heteroatoms. The summed E-state index contributed by atoms with van der Waals surface area (Å²) < 4.78 is 6.83. The van der Waals surface area contributed by atoms with Crippen molar-refractivity contribution in [3.05, 3.63) is 36.7 Å². The Morgan fingerprint density at radius 1 is 1.47 bits per heavy atom. The number of carbonyl (C=O) groups excluding carboxylic acids is 1. The van der Waals surface area contributed by atoms with E-state index >= 15 is 0 Å². The molecule has 5 nitrogen and oxygen atoms in total. The van der Waals surface area contributed by atoms with Crippen molar-refractivity contribution < 1.29 is 9.53 Å². The van der Waals surface area contributed by atoms with E-state index in [0.717, 1.165) is 5.69 Å². The van der Waals surface area contributed by atoms with E-state index in [9.17, 15) is 4.79 Å². The third-order valence-electron chi connectivity index (χ3n) is 2.27. The van der Waals surface area contributed by atoms with E-state index in [1.54, 1.807) is 36.3 Å². The zero-order valence-corrected chi connectivity index (χ0v) is 9.68. The third kappa shape index (κ3) is 2.44. The molecule has 0 atom stereocenters. The van der Waals surface area contributed by atoms with Crippen molar-refractivity contribution in [2.75, 3.05) is 12.4 Å². The molecule has 1 aromatic carbocycles. The number of nitrogens with zero attached hydrogens (tertiary/aromatic N) is 2. The summed E-state index contributed by atoms with van der Waals surface area (Å²) in [4.78, 5) is 11.1. The molecule has 88 valence electrons. The summed E-state index contributed by atoms with van der Waals surface area (Å²) in [6.07, 6.45) is 3.48. The first kappa shape index (κ1) is 11.2. The van der Waals surface area contributed by atoms with Gasteiger partial charge in [0.25, 0.3) is 0 Å². The Bertz CT molecular complexity index is 521. The number of nitrogens with one attached hydrogen (secondary N) is 1. The van der Waals surface area contributed by atoms with Gasteiger partial charge in [-0.3, -0.25) is 4.79 Å². The van der Waals surface area contributed by atoms with Gasteiger partial charge in [-0.1, -0.05) is 0 Å². The van der Waals surface area contributed by atoms with E-state index in [1.165, 1.54) is 6.92 Å². The van der Waals surface area contributed by atoms with Gasteiger partial charge in [-0.25, -0.2) is 4.68 Å². The van der Waals surface area contributed by atoms with Gasteiger partial charge in [0.05, 0.1) is 18.5 Å². The Morgan fingerprint density at radius 2 is 2.29 bits per heavy atom. The van der Waals surface area contributed by atoms with Crippen molar-refractivity contribution in [1.29, 1.82) is 0 Å². The van der Waals surface area contributed by atoms with Gasteiger partial charge < -0.3 is 10.1 Å². The lowest BCUT2D eigenvalue weighted by molar-refractivity contribution is -0.114. The van der Waals surface area contributed by atoms with E-state index in [4.69, 9.17) is 4.74 Å². The Balaban J connectivity index is 2.48. The molecule has 0 radical (unpaired) electrons. The molecule has 17 heavy (non-hydrogen) atoms. The molecule has 0 aliphatic heterocycles. The molecule has 2 rings (SSSR count). The molecular weight excluding hydrogens is 218 g/mol. The Kier molecular flexibility index (Phi) is 3.09. The summed E-state index contributed by atoms with van der Waals surface area (Å²) in [5, 5.41) is 6.90. The van der Waals surface area contributed by atoms with Gasteiger partial charge in [0.15, 0.2) is 0 Å². The number of benzene rings is 1. The molecule has 0 aliphatic carbocycles. The molecular formula is C12H13N3O2. The van der Waals surface area contributed by atoms with E-state index in [2.05, 4.69) is 10.4 Å². The lowest BCUT2D eigenvalue weighted by Crippen LogP contribution is -2.09. The van der Waals surface area contributed by atoms with Crippen LogP contribution in [0.15, 0.2) is 36.7 Å². The largest absolute Gasteiger partial charge is 0.497 e. The highest BCUT2D eigenvalue weighted by Crippen LogP contribution is 2.25. The van der Waals surface area contributed by atoms with Crippen LogP contribution in [0.25, 0.3) is 5.69 Å². The van der Waals surface area contributed by atoms with E-state index in [1.807, 2.05) is 12.1 Å². The fourth-order valence-electron chi connectivity index (χ4n) is 1.53. The average molecular weight is 231 g/mol. The van der Waals surface area contributed by atoms with Crippen LogP contribution in [0.4, 0.5) is 5.69 Å². The Labute approximate surface area is 99.0 Å². The number of anilines is 1. The SMILES string of the molecule is COc1ccc(NC(C)=O)c(-n2cccn2)c1. The maximum Gasteiger partial charge on any atom is 0.221 e. The van der Waals surface area contributed by atoms with Gasteiger partial charge in [0.2, 0.25) is 5.91 Å². The number of hydrogen-bond donors (Lipinski definition) is 1. The number of methoxy groups -OCH3 is 1. The molecule has 0 saturated carbocycles. The summed E-state index contributed by atoms with van der Waals surface area (Å²) in [6, 6.07) is 7.21.